The number of rotatable bonds is 2. The fraction of sp³-hybridized carbons (Fsp3) is 0.182. The first-order valence-electron chi connectivity index (χ1n) is 4.91. The molecule has 0 saturated carbocycles. The molecule has 1 aromatic carbocycles. The summed E-state index contributed by atoms with van der Waals surface area (Å²) in [5.41, 5.74) is 15.2. The van der Waals surface area contributed by atoms with Gasteiger partial charge in [0.15, 0.2) is 0 Å². The van der Waals surface area contributed by atoms with Crippen LogP contribution < -0.4 is 11.5 Å². The van der Waals surface area contributed by atoms with E-state index in [0.29, 0.717) is 6.54 Å². The van der Waals surface area contributed by atoms with Crippen LogP contribution in [0.5, 0.6) is 0 Å². The van der Waals surface area contributed by atoms with Crippen molar-refractivity contribution in [2.75, 3.05) is 5.73 Å². The predicted octanol–water partition coefficient (Wildman–Crippen LogP) is 1.83. The molecule has 5 heteroatoms. The van der Waals surface area contributed by atoms with Gasteiger partial charge in [-0.2, -0.15) is 0 Å². The first kappa shape index (κ1) is 11.4. The minimum Gasteiger partial charge on any atom is -0.398 e. The summed E-state index contributed by atoms with van der Waals surface area (Å²) in [5, 5.41) is 0. The number of aryl methyl sites for hydroxylation is 1. The molecule has 0 aliphatic rings. The smallest absolute Gasteiger partial charge is 0.107 e. The lowest BCUT2D eigenvalue weighted by Crippen LogP contribution is -2.04. The Kier molecular flexibility index (Phi) is 3.15. The Morgan fingerprint density at radius 2 is 2.19 bits per heavy atom. The van der Waals surface area contributed by atoms with Crippen LogP contribution in [0.1, 0.15) is 11.3 Å². The molecular weight excluding hydrogens is 315 g/mol. The number of hydrogen-bond donors (Lipinski definition) is 2. The topological polar surface area (TPSA) is 69.9 Å². The summed E-state index contributed by atoms with van der Waals surface area (Å²) in [7, 11) is 0. The highest BCUT2D eigenvalue weighted by Crippen LogP contribution is 2.20. The van der Waals surface area contributed by atoms with Gasteiger partial charge in [-0.05, 0) is 53.3 Å². The lowest BCUT2D eigenvalue weighted by Gasteiger charge is -2.08. The Balaban J connectivity index is 2.52. The summed E-state index contributed by atoms with van der Waals surface area (Å²) in [6.07, 6.45) is 1.81. The lowest BCUT2D eigenvalue weighted by molar-refractivity contribution is 1.01. The summed E-state index contributed by atoms with van der Waals surface area (Å²) < 4.78 is 3.12. The Hall–Kier alpha value is -1.08. The molecule has 4 nitrogen and oxygen atoms in total. The maximum absolute atomic E-state index is 5.81. The second-order valence-electron chi connectivity index (χ2n) is 3.58. The van der Waals surface area contributed by atoms with E-state index in [2.05, 4.69) is 27.6 Å². The van der Waals surface area contributed by atoms with Crippen molar-refractivity contribution in [1.82, 2.24) is 9.55 Å². The average molecular weight is 328 g/mol. The number of imidazole rings is 1. The third kappa shape index (κ3) is 1.92. The highest BCUT2D eigenvalue weighted by atomic mass is 127. The van der Waals surface area contributed by atoms with E-state index in [-0.39, 0.29) is 0 Å². The van der Waals surface area contributed by atoms with Crippen molar-refractivity contribution in [2.24, 2.45) is 5.73 Å². The molecule has 2 aromatic rings. The Morgan fingerprint density at radius 3 is 2.75 bits per heavy atom. The quantitative estimate of drug-likeness (QED) is 0.653. The van der Waals surface area contributed by atoms with Crippen LogP contribution in [0.3, 0.4) is 0 Å². The van der Waals surface area contributed by atoms with Gasteiger partial charge in [-0.1, -0.05) is 0 Å². The van der Waals surface area contributed by atoms with Gasteiger partial charge in [-0.3, -0.25) is 4.57 Å². The molecule has 0 saturated heterocycles. The van der Waals surface area contributed by atoms with Crippen molar-refractivity contribution in [3.63, 3.8) is 0 Å². The molecular formula is C11H13IN4. The molecule has 84 valence electrons. The Bertz CT molecular complexity index is 519. The van der Waals surface area contributed by atoms with Gasteiger partial charge < -0.3 is 11.5 Å². The number of nitrogens with two attached hydrogens (primary N) is 2. The number of anilines is 1. The largest absolute Gasteiger partial charge is 0.398 e. The van der Waals surface area contributed by atoms with E-state index < -0.39 is 0 Å². The number of aromatic nitrogens is 2. The summed E-state index contributed by atoms with van der Waals surface area (Å²) in [5.74, 6) is 0. The number of nitrogens with zero attached hydrogens (tertiary/aromatic N) is 2. The molecule has 0 atom stereocenters. The second kappa shape index (κ2) is 4.42. The molecule has 0 amide bonds. The van der Waals surface area contributed by atoms with Crippen LogP contribution in [0.25, 0.3) is 5.69 Å². The van der Waals surface area contributed by atoms with Gasteiger partial charge in [0.05, 0.1) is 5.69 Å². The maximum Gasteiger partial charge on any atom is 0.107 e. The minimum atomic E-state index is 0.448. The second-order valence-corrected chi connectivity index (χ2v) is 4.60. The predicted molar refractivity (Wildman–Crippen MR) is 73.3 cm³/mol. The van der Waals surface area contributed by atoms with Crippen LogP contribution in [-0.2, 0) is 6.54 Å². The summed E-state index contributed by atoms with van der Waals surface area (Å²) in [4.78, 5) is 4.26. The van der Waals surface area contributed by atoms with Gasteiger partial charge in [-0.15, -0.1) is 0 Å². The fourth-order valence-electron chi connectivity index (χ4n) is 1.52. The maximum atomic E-state index is 5.81. The average Bonchev–Trinajstić information content (AvgIpc) is 2.61. The SMILES string of the molecule is Cc1ncn(-c2ccc(N)c(CN)c2)c1I. The van der Waals surface area contributed by atoms with Gasteiger partial charge in [0.2, 0.25) is 0 Å². The molecule has 0 unspecified atom stereocenters. The van der Waals surface area contributed by atoms with E-state index in [0.717, 1.165) is 26.3 Å². The van der Waals surface area contributed by atoms with Gasteiger partial charge in [-0.25, -0.2) is 4.98 Å². The lowest BCUT2D eigenvalue weighted by atomic mass is 10.1. The van der Waals surface area contributed by atoms with E-state index >= 15 is 0 Å². The first-order chi connectivity index (χ1) is 7.63. The van der Waals surface area contributed by atoms with Gasteiger partial charge in [0, 0.05) is 17.9 Å². The monoisotopic (exact) mass is 328 g/mol. The summed E-state index contributed by atoms with van der Waals surface area (Å²) >= 11 is 2.27. The van der Waals surface area contributed by atoms with Crippen molar-refractivity contribution in [3.05, 3.63) is 39.5 Å². The van der Waals surface area contributed by atoms with E-state index in [9.17, 15) is 0 Å². The van der Waals surface area contributed by atoms with E-state index in [1.54, 1.807) is 0 Å². The zero-order valence-electron chi connectivity index (χ0n) is 8.94. The van der Waals surface area contributed by atoms with Crippen molar-refractivity contribution >= 4 is 28.3 Å². The molecule has 0 aliphatic carbocycles. The number of hydrogen-bond acceptors (Lipinski definition) is 3. The van der Waals surface area contributed by atoms with Crippen LogP contribution >= 0.6 is 22.6 Å². The van der Waals surface area contributed by atoms with Gasteiger partial charge >= 0.3 is 0 Å². The van der Waals surface area contributed by atoms with Crippen molar-refractivity contribution in [3.8, 4) is 5.69 Å². The Morgan fingerprint density at radius 1 is 1.44 bits per heavy atom. The van der Waals surface area contributed by atoms with Crippen LogP contribution in [0.15, 0.2) is 24.5 Å². The first-order valence-corrected chi connectivity index (χ1v) is 5.99. The zero-order chi connectivity index (χ0) is 11.7. The van der Waals surface area contributed by atoms with Crippen LogP contribution in [-0.4, -0.2) is 9.55 Å². The van der Waals surface area contributed by atoms with Crippen LogP contribution in [0, 0.1) is 10.6 Å². The normalized spacial score (nSPS) is 10.7. The summed E-state index contributed by atoms with van der Waals surface area (Å²) in [6, 6.07) is 5.85. The molecule has 16 heavy (non-hydrogen) atoms. The third-order valence-electron chi connectivity index (χ3n) is 2.50. The molecule has 0 spiro atoms. The number of nitrogen functional groups attached to an aromatic ring is 1. The zero-order valence-corrected chi connectivity index (χ0v) is 11.1. The molecule has 1 aromatic heterocycles. The van der Waals surface area contributed by atoms with E-state index in [4.69, 9.17) is 11.5 Å². The minimum absolute atomic E-state index is 0.448. The van der Waals surface area contributed by atoms with Gasteiger partial charge in [0.1, 0.15) is 10.0 Å². The van der Waals surface area contributed by atoms with Gasteiger partial charge in [0.25, 0.3) is 0 Å². The van der Waals surface area contributed by atoms with Crippen LogP contribution in [0.4, 0.5) is 5.69 Å². The molecule has 0 fully saturated rings. The van der Waals surface area contributed by atoms with Crippen molar-refractivity contribution < 1.29 is 0 Å². The molecule has 4 N–H and O–H groups in total. The highest BCUT2D eigenvalue weighted by molar-refractivity contribution is 14.1. The number of halogens is 1. The molecule has 2 rings (SSSR count). The fourth-order valence-corrected chi connectivity index (χ4v) is 2.06. The molecule has 0 bridgehead atoms. The standard InChI is InChI=1S/C11H13IN4/c1-7-11(12)16(6-15-7)9-2-3-10(14)8(4-9)5-13/h2-4,6H,5,13-14H2,1H3. The van der Waals surface area contributed by atoms with Crippen molar-refractivity contribution in [2.45, 2.75) is 13.5 Å². The molecule has 0 aliphatic heterocycles. The van der Waals surface area contributed by atoms with E-state index in [1.165, 1.54) is 0 Å². The van der Waals surface area contributed by atoms with E-state index in [1.807, 2.05) is 36.0 Å². The van der Waals surface area contributed by atoms with Crippen molar-refractivity contribution in [1.29, 1.82) is 0 Å². The molecule has 0 radical (unpaired) electrons. The van der Waals surface area contributed by atoms with Crippen LogP contribution in [0.2, 0.25) is 0 Å². The Labute approximate surface area is 108 Å². The highest BCUT2D eigenvalue weighted by Gasteiger charge is 2.07. The third-order valence-corrected chi connectivity index (χ3v) is 3.80. The molecule has 1 heterocycles. The number of benzene rings is 1. The summed E-state index contributed by atoms with van der Waals surface area (Å²) in [6.45, 7) is 2.43.